The summed E-state index contributed by atoms with van der Waals surface area (Å²) >= 11 is 0. The number of ether oxygens (including phenoxy) is 2. The minimum atomic E-state index is -0.451. The lowest BCUT2D eigenvalue weighted by atomic mass is 10.1. The fraction of sp³-hybridized carbons (Fsp3) is 0.933. The van der Waals surface area contributed by atoms with Gasteiger partial charge >= 0.3 is 6.09 Å². The molecule has 5 heteroatoms. The Bertz CT molecular complexity index is 298. The Hall–Kier alpha value is -0.810. The summed E-state index contributed by atoms with van der Waals surface area (Å²) in [5, 5.41) is 6.39. The van der Waals surface area contributed by atoms with Gasteiger partial charge in [0.15, 0.2) is 0 Å². The third kappa shape index (κ3) is 7.70. The van der Waals surface area contributed by atoms with Crippen LogP contribution in [-0.2, 0) is 9.47 Å². The lowest BCUT2D eigenvalue weighted by Gasteiger charge is -2.25. The van der Waals surface area contributed by atoms with Gasteiger partial charge in [0.05, 0.1) is 6.61 Å². The van der Waals surface area contributed by atoms with E-state index in [9.17, 15) is 4.79 Å². The number of nitrogens with one attached hydrogen (secondary N) is 2. The van der Waals surface area contributed by atoms with Crippen molar-refractivity contribution in [3.8, 4) is 0 Å². The highest BCUT2D eigenvalue weighted by Gasteiger charge is 2.33. The summed E-state index contributed by atoms with van der Waals surface area (Å²) in [6.45, 7) is 11.9. The monoisotopic (exact) mass is 286 g/mol. The van der Waals surface area contributed by atoms with Gasteiger partial charge < -0.3 is 20.1 Å². The molecule has 0 spiro atoms. The van der Waals surface area contributed by atoms with E-state index in [1.54, 1.807) is 0 Å². The van der Waals surface area contributed by atoms with Gasteiger partial charge in [-0.05, 0) is 53.4 Å². The van der Waals surface area contributed by atoms with Crippen molar-refractivity contribution < 1.29 is 14.3 Å². The summed E-state index contributed by atoms with van der Waals surface area (Å²) in [5.41, 5.74) is -0.451. The Morgan fingerprint density at radius 3 is 2.50 bits per heavy atom. The van der Waals surface area contributed by atoms with Gasteiger partial charge in [-0.1, -0.05) is 0 Å². The molecule has 2 N–H and O–H groups in total. The zero-order valence-corrected chi connectivity index (χ0v) is 13.5. The van der Waals surface area contributed by atoms with Crippen molar-refractivity contribution in [2.75, 3.05) is 19.8 Å². The number of amides is 1. The molecule has 0 saturated heterocycles. The van der Waals surface area contributed by atoms with Gasteiger partial charge in [0, 0.05) is 25.2 Å². The Labute approximate surface area is 122 Å². The van der Waals surface area contributed by atoms with Crippen LogP contribution < -0.4 is 10.6 Å². The van der Waals surface area contributed by atoms with Crippen LogP contribution in [0, 0.1) is 5.92 Å². The molecule has 0 aliphatic heterocycles. The number of carbonyl (C=O) groups is 1. The molecular formula is C15H30N2O3. The molecule has 5 nitrogen and oxygen atoms in total. The van der Waals surface area contributed by atoms with Crippen LogP contribution in [0.3, 0.4) is 0 Å². The number of hydrogen-bond acceptors (Lipinski definition) is 4. The van der Waals surface area contributed by atoms with Crippen molar-refractivity contribution in [2.45, 2.75) is 65.1 Å². The summed E-state index contributed by atoms with van der Waals surface area (Å²) < 4.78 is 10.7. The summed E-state index contributed by atoms with van der Waals surface area (Å²) in [7, 11) is 0. The highest BCUT2D eigenvalue weighted by Crippen LogP contribution is 2.32. The van der Waals surface area contributed by atoms with E-state index in [0.717, 1.165) is 13.2 Å². The third-order valence-corrected chi connectivity index (χ3v) is 3.15. The fourth-order valence-electron chi connectivity index (χ4n) is 1.97. The minimum Gasteiger partial charge on any atom is -0.444 e. The largest absolute Gasteiger partial charge is 0.444 e. The molecule has 0 radical (unpaired) electrons. The van der Waals surface area contributed by atoms with Gasteiger partial charge in [-0.3, -0.25) is 0 Å². The Balaban J connectivity index is 2.32. The van der Waals surface area contributed by atoms with Gasteiger partial charge in [-0.15, -0.1) is 0 Å². The standard InChI is InChI=1S/C15H30N2O3/c1-6-19-10-11(2)16-9-13(12-7-8-12)17-14(18)20-15(3,4)5/h11-13,16H,6-10H2,1-5H3,(H,17,18). The zero-order valence-electron chi connectivity index (χ0n) is 13.5. The quantitative estimate of drug-likeness (QED) is 0.719. The fourth-order valence-corrected chi connectivity index (χ4v) is 1.97. The first-order chi connectivity index (χ1) is 9.31. The highest BCUT2D eigenvalue weighted by atomic mass is 16.6. The predicted octanol–water partition coefficient (Wildman–Crippen LogP) is 2.30. The van der Waals surface area contributed by atoms with E-state index >= 15 is 0 Å². The number of alkyl carbamates (subject to hydrolysis) is 1. The zero-order chi connectivity index (χ0) is 15.2. The smallest absolute Gasteiger partial charge is 0.407 e. The first-order valence-electron chi connectivity index (χ1n) is 7.62. The lowest BCUT2D eigenvalue weighted by Crippen LogP contribution is -2.47. The summed E-state index contributed by atoms with van der Waals surface area (Å²) in [6.07, 6.45) is 2.04. The van der Waals surface area contributed by atoms with Crippen LogP contribution in [0.15, 0.2) is 0 Å². The van der Waals surface area contributed by atoms with Crippen molar-refractivity contribution in [1.82, 2.24) is 10.6 Å². The molecule has 1 saturated carbocycles. The average Bonchev–Trinajstić information content (AvgIpc) is 3.13. The van der Waals surface area contributed by atoms with Crippen LogP contribution in [0.5, 0.6) is 0 Å². The van der Waals surface area contributed by atoms with Crippen LogP contribution in [0.2, 0.25) is 0 Å². The molecule has 0 aromatic carbocycles. The van der Waals surface area contributed by atoms with Crippen molar-refractivity contribution in [3.63, 3.8) is 0 Å². The van der Waals surface area contributed by atoms with Crippen molar-refractivity contribution in [1.29, 1.82) is 0 Å². The summed E-state index contributed by atoms with van der Waals surface area (Å²) in [6, 6.07) is 0.436. The Morgan fingerprint density at radius 2 is 2.00 bits per heavy atom. The molecule has 1 amide bonds. The van der Waals surface area contributed by atoms with E-state index in [0.29, 0.717) is 12.5 Å². The van der Waals surface area contributed by atoms with Crippen LogP contribution in [0.4, 0.5) is 4.79 Å². The highest BCUT2D eigenvalue weighted by molar-refractivity contribution is 5.68. The summed E-state index contributed by atoms with van der Waals surface area (Å²) in [5.74, 6) is 0.578. The maximum atomic E-state index is 11.8. The topological polar surface area (TPSA) is 59.6 Å². The molecule has 0 aromatic rings. The van der Waals surface area contributed by atoms with Crippen LogP contribution in [-0.4, -0.2) is 43.5 Å². The molecule has 2 unspecified atom stereocenters. The SMILES string of the molecule is CCOCC(C)NCC(NC(=O)OC(C)(C)C)C1CC1. The Kier molecular flexibility index (Phi) is 6.76. The van der Waals surface area contributed by atoms with E-state index in [2.05, 4.69) is 17.6 Å². The van der Waals surface area contributed by atoms with E-state index in [-0.39, 0.29) is 18.2 Å². The molecule has 118 valence electrons. The molecule has 20 heavy (non-hydrogen) atoms. The third-order valence-electron chi connectivity index (χ3n) is 3.15. The van der Waals surface area contributed by atoms with Crippen molar-refractivity contribution >= 4 is 6.09 Å². The van der Waals surface area contributed by atoms with Gasteiger partial charge in [0.2, 0.25) is 0 Å². The average molecular weight is 286 g/mol. The molecular weight excluding hydrogens is 256 g/mol. The molecule has 1 fully saturated rings. The maximum Gasteiger partial charge on any atom is 0.407 e. The minimum absolute atomic E-state index is 0.147. The number of hydrogen-bond donors (Lipinski definition) is 2. The summed E-state index contributed by atoms with van der Waals surface area (Å²) in [4.78, 5) is 11.8. The van der Waals surface area contributed by atoms with Gasteiger partial charge in [0.25, 0.3) is 0 Å². The second-order valence-corrected chi connectivity index (χ2v) is 6.56. The normalized spacial score (nSPS) is 18.4. The Morgan fingerprint density at radius 1 is 1.35 bits per heavy atom. The lowest BCUT2D eigenvalue weighted by molar-refractivity contribution is 0.0495. The van der Waals surface area contributed by atoms with E-state index < -0.39 is 5.60 Å². The predicted molar refractivity (Wildman–Crippen MR) is 79.8 cm³/mol. The van der Waals surface area contributed by atoms with Crippen LogP contribution in [0.25, 0.3) is 0 Å². The molecule has 0 bridgehead atoms. The molecule has 1 rings (SSSR count). The van der Waals surface area contributed by atoms with Crippen molar-refractivity contribution in [3.05, 3.63) is 0 Å². The van der Waals surface area contributed by atoms with E-state index in [1.165, 1.54) is 12.8 Å². The first-order valence-corrected chi connectivity index (χ1v) is 7.62. The molecule has 0 aromatic heterocycles. The molecule has 0 heterocycles. The molecule has 2 atom stereocenters. The second kappa shape index (κ2) is 7.84. The molecule has 1 aliphatic carbocycles. The number of carbonyl (C=O) groups excluding carboxylic acids is 1. The first kappa shape index (κ1) is 17.2. The van der Waals surface area contributed by atoms with Gasteiger partial charge in [-0.25, -0.2) is 4.79 Å². The van der Waals surface area contributed by atoms with E-state index in [4.69, 9.17) is 9.47 Å². The maximum absolute atomic E-state index is 11.8. The second-order valence-electron chi connectivity index (χ2n) is 6.56. The van der Waals surface area contributed by atoms with Gasteiger partial charge in [0.1, 0.15) is 5.60 Å². The van der Waals surface area contributed by atoms with Crippen LogP contribution in [0.1, 0.15) is 47.5 Å². The van der Waals surface area contributed by atoms with Crippen molar-refractivity contribution in [2.24, 2.45) is 5.92 Å². The van der Waals surface area contributed by atoms with Crippen LogP contribution >= 0.6 is 0 Å². The van der Waals surface area contributed by atoms with E-state index in [1.807, 2.05) is 27.7 Å². The van der Waals surface area contributed by atoms with Gasteiger partial charge in [-0.2, -0.15) is 0 Å². The number of rotatable bonds is 8. The molecule has 1 aliphatic rings.